The van der Waals surface area contributed by atoms with E-state index >= 15 is 0 Å². The van der Waals surface area contributed by atoms with Crippen LogP contribution in [0.4, 0.5) is 8.78 Å². The third-order valence-electron chi connectivity index (χ3n) is 3.18. The quantitative estimate of drug-likeness (QED) is 0.905. The largest absolute Gasteiger partial charge is 0.467 e. The molecule has 3 N–H and O–H groups in total. The molecule has 1 heterocycles. The number of furan rings is 1. The Kier molecular flexibility index (Phi) is 5.68. The van der Waals surface area contributed by atoms with Gasteiger partial charge in [-0.25, -0.2) is 8.78 Å². The highest BCUT2D eigenvalue weighted by atomic mass is 35.5. The summed E-state index contributed by atoms with van der Waals surface area (Å²) >= 11 is 0. The van der Waals surface area contributed by atoms with E-state index in [0.717, 1.165) is 12.1 Å². The minimum atomic E-state index is -0.955. The van der Waals surface area contributed by atoms with E-state index < -0.39 is 17.2 Å². The fourth-order valence-corrected chi connectivity index (χ4v) is 1.92. The number of carbonyl (C=O) groups excluding carboxylic acids is 1. The molecule has 0 aliphatic heterocycles. The zero-order valence-corrected chi connectivity index (χ0v) is 13.0. The van der Waals surface area contributed by atoms with Crippen molar-refractivity contribution in [1.82, 2.24) is 5.32 Å². The van der Waals surface area contributed by atoms with E-state index in [1.165, 1.54) is 18.4 Å². The second kappa shape index (κ2) is 6.89. The molecule has 0 saturated carbocycles. The number of rotatable bonds is 4. The van der Waals surface area contributed by atoms with E-state index in [4.69, 9.17) is 10.2 Å². The summed E-state index contributed by atoms with van der Waals surface area (Å²) in [6.45, 7) is 3.59. The van der Waals surface area contributed by atoms with Crippen LogP contribution in [-0.4, -0.2) is 5.91 Å². The van der Waals surface area contributed by atoms with Crippen molar-refractivity contribution >= 4 is 18.3 Å². The standard InChI is InChI=1S/C15H16F2N2O2.ClH/c1-15(2,10-3-4-12(16)13(17)6-10)19-14(20)9-5-11(7-18)21-8-9;/h3-6,8H,7,18H2,1-2H3,(H,19,20);1H. The van der Waals surface area contributed by atoms with Crippen LogP contribution in [0, 0.1) is 11.6 Å². The molecular weight excluding hydrogens is 314 g/mol. The summed E-state index contributed by atoms with van der Waals surface area (Å²) in [4.78, 5) is 12.1. The lowest BCUT2D eigenvalue weighted by Crippen LogP contribution is -2.41. The highest BCUT2D eigenvalue weighted by molar-refractivity contribution is 5.94. The van der Waals surface area contributed by atoms with Crippen molar-refractivity contribution in [3.63, 3.8) is 0 Å². The summed E-state index contributed by atoms with van der Waals surface area (Å²) in [6.07, 6.45) is 1.30. The Morgan fingerprint density at radius 2 is 1.95 bits per heavy atom. The normalized spacial score (nSPS) is 11.0. The molecule has 0 spiro atoms. The Bertz CT molecular complexity index is 671. The van der Waals surface area contributed by atoms with Crippen molar-refractivity contribution in [2.45, 2.75) is 25.9 Å². The van der Waals surface area contributed by atoms with E-state index in [-0.39, 0.29) is 24.9 Å². The van der Waals surface area contributed by atoms with E-state index in [1.54, 1.807) is 13.8 Å². The smallest absolute Gasteiger partial charge is 0.255 e. The van der Waals surface area contributed by atoms with Crippen LogP contribution in [0.1, 0.15) is 35.5 Å². The third-order valence-corrected chi connectivity index (χ3v) is 3.18. The molecule has 22 heavy (non-hydrogen) atoms. The number of nitrogens with one attached hydrogen (secondary N) is 1. The lowest BCUT2D eigenvalue weighted by Gasteiger charge is -2.26. The number of hydrogen-bond acceptors (Lipinski definition) is 3. The van der Waals surface area contributed by atoms with Crippen molar-refractivity contribution in [3.8, 4) is 0 Å². The van der Waals surface area contributed by atoms with Crippen LogP contribution in [0.2, 0.25) is 0 Å². The number of carbonyl (C=O) groups is 1. The van der Waals surface area contributed by atoms with Crippen LogP contribution in [0.3, 0.4) is 0 Å². The van der Waals surface area contributed by atoms with Crippen LogP contribution in [-0.2, 0) is 12.1 Å². The number of nitrogens with two attached hydrogens (primary N) is 1. The van der Waals surface area contributed by atoms with Crippen molar-refractivity contribution in [1.29, 1.82) is 0 Å². The van der Waals surface area contributed by atoms with Gasteiger partial charge in [-0.15, -0.1) is 12.4 Å². The topological polar surface area (TPSA) is 68.3 Å². The Morgan fingerprint density at radius 3 is 2.50 bits per heavy atom. The van der Waals surface area contributed by atoms with Crippen molar-refractivity contribution in [2.24, 2.45) is 5.73 Å². The molecule has 0 saturated heterocycles. The van der Waals surface area contributed by atoms with Gasteiger partial charge in [-0.2, -0.15) is 0 Å². The third kappa shape index (κ3) is 3.84. The highest BCUT2D eigenvalue weighted by Gasteiger charge is 2.25. The molecule has 1 amide bonds. The van der Waals surface area contributed by atoms with Crippen LogP contribution < -0.4 is 11.1 Å². The van der Waals surface area contributed by atoms with E-state index in [0.29, 0.717) is 16.9 Å². The SMILES string of the molecule is CC(C)(NC(=O)c1coc(CN)c1)c1ccc(F)c(F)c1.Cl. The van der Waals surface area contributed by atoms with Gasteiger partial charge in [0.1, 0.15) is 12.0 Å². The molecule has 120 valence electrons. The zero-order chi connectivity index (χ0) is 15.6. The van der Waals surface area contributed by atoms with Crippen LogP contribution in [0.25, 0.3) is 0 Å². The fourth-order valence-electron chi connectivity index (χ4n) is 1.92. The molecule has 0 atom stereocenters. The summed E-state index contributed by atoms with van der Waals surface area (Å²) in [5.74, 6) is -1.77. The lowest BCUT2D eigenvalue weighted by molar-refractivity contribution is 0.0911. The lowest BCUT2D eigenvalue weighted by atomic mass is 9.93. The molecular formula is C15H17ClF2N2O2. The Balaban J connectivity index is 0.00000242. The molecule has 2 aromatic rings. The zero-order valence-electron chi connectivity index (χ0n) is 12.2. The summed E-state index contributed by atoms with van der Waals surface area (Å²) in [6, 6.07) is 5.06. The molecule has 1 aromatic heterocycles. The monoisotopic (exact) mass is 330 g/mol. The minimum Gasteiger partial charge on any atom is -0.467 e. The molecule has 0 radical (unpaired) electrons. The second-order valence-corrected chi connectivity index (χ2v) is 5.21. The van der Waals surface area contributed by atoms with Gasteiger partial charge >= 0.3 is 0 Å². The van der Waals surface area contributed by atoms with Gasteiger partial charge in [0.2, 0.25) is 0 Å². The average Bonchev–Trinajstić information content (AvgIpc) is 2.90. The Hall–Kier alpha value is -1.92. The molecule has 0 aliphatic carbocycles. The first-order chi connectivity index (χ1) is 9.83. The number of amides is 1. The Labute approximate surface area is 133 Å². The summed E-state index contributed by atoms with van der Waals surface area (Å²) in [7, 11) is 0. The first-order valence-corrected chi connectivity index (χ1v) is 6.39. The van der Waals surface area contributed by atoms with Gasteiger partial charge in [0.25, 0.3) is 5.91 Å². The summed E-state index contributed by atoms with van der Waals surface area (Å²) in [5.41, 5.74) is 5.32. The molecule has 0 unspecified atom stereocenters. The first-order valence-electron chi connectivity index (χ1n) is 6.39. The fraction of sp³-hybridized carbons (Fsp3) is 0.267. The van der Waals surface area contributed by atoms with Crippen LogP contribution in [0.5, 0.6) is 0 Å². The van der Waals surface area contributed by atoms with Crippen molar-refractivity contribution < 1.29 is 18.0 Å². The average molecular weight is 331 g/mol. The van der Waals surface area contributed by atoms with Crippen LogP contribution in [0.15, 0.2) is 34.9 Å². The predicted octanol–water partition coefficient (Wildman–Crippen LogP) is 3.10. The van der Waals surface area contributed by atoms with Crippen molar-refractivity contribution in [3.05, 3.63) is 59.1 Å². The van der Waals surface area contributed by atoms with E-state index in [1.807, 2.05) is 0 Å². The molecule has 0 fully saturated rings. The molecule has 1 aromatic carbocycles. The van der Waals surface area contributed by atoms with Crippen LogP contribution >= 0.6 is 12.4 Å². The van der Waals surface area contributed by atoms with Gasteiger partial charge < -0.3 is 15.5 Å². The maximum absolute atomic E-state index is 13.3. The minimum absolute atomic E-state index is 0. The second-order valence-electron chi connectivity index (χ2n) is 5.21. The molecule has 7 heteroatoms. The summed E-state index contributed by atoms with van der Waals surface area (Å²) in [5, 5.41) is 2.74. The molecule has 0 bridgehead atoms. The molecule has 2 rings (SSSR count). The van der Waals surface area contributed by atoms with Gasteiger partial charge in [-0.05, 0) is 37.6 Å². The molecule has 4 nitrogen and oxygen atoms in total. The number of benzene rings is 1. The van der Waals surface area contributed by atoms with E-state index in [9.17, 15) is 13.6 Å². The predicted molar refractivity (Wildman–Crippen MR) is 80.7 cm³/mol. The van der Waals surface area contributed by atoms with Gasteiger partial charge in [-0.1, -0.05) is 6.07 Å². The molecule has 0 aliphatic rings. The van der Waals surface area contributed by atoms with E-state index in [2.05, 4.69) is 5.32 Å². The highest BCUT2D eigenvalue weighted by Crippen LogP contribution is 2.23. The van der Waals surface area contributed by atoms with Gasteiger partial charge in [-0.3, -0.25) is 4.79 Å². The number of hydrogen-bond donors (Lipinski definition) is 2. The van der Waals surface area contributed by atoms with Gasteiger partial charge in [0.05, 0.1) is 17.6 Å². The van der Waals surface area contributed by atoms with Gasteiger partial charge in [0, 0.05) is 0 Å². The first kappa shape index (κ1) is 18.1. The van der Waals surface area contributed by atoms with Gasteiger partial charge in [0.15, 0.2) is 11.6 Å². The maximum Gasteiger partial charge on any atom is 0.255 e. The maximum atomic E-state index is 13.3. The van der Waals surface area contributed by atoms with Crippen molar-refractivity contribution in [2.75, 3.05) is 0 Å². The summed E-state index contributed by atoms with van der Waals surface area (Å²) < 4.78 is 31.4. The number of halogens is 3. The Morgan fingerprint density at radius 1 is 1.27 bits per heavy atom.